The first-order valence-corrected chi connectivity index (χ1v) is 5.93. The van der Waals surface area contributed by atoms with Crippen LogP contribution in [0.15, 0.2) is 5.38 Å². The molecule has 1 amide bonds. The molecule has 0 aliphatic heterocycles. The predicted octanol–water partition coefficient (Wildman–Crippen LogP) is 1.34. The average Bonchev–Trinajstić information content (AvgIpc) is 2.64. The maximum absolute atomic E-state index is 11.5. The van der Waals surface area contributed by atoms with Crippen molar-refractivity contribution in [3.05, 3.63) is 16.1 Å². The lowest BCUT2D eigenvalue weighted by Crippen LogP contribution is -2.24. The number of aryl methyl sites for hydroxylation is 1. The standard InChI is InChI=1S/C10H16N2O2S/c1-8-12-9(7-15-8)10(14)11-5-3-2-4-6-13/h7,13H,2-6H2,1H3,(H,11,14). The van der Waals surface area contributed by atoms with E-state index < -0.39 is 0 Å². The molecular formula is C10H16N2O2S. The van der Waals surface area contributed by atoms with Crippen molar-refractivity contribution in [1.29, 1.82) is 0 Å². The minimum absolute atomic E-state index is 0.108. The summed E-state index contributed by atoms with van der Waals surface area (Å²) in [6.45, 7) is 2.75. The third-order valence-corrected chi connectivity index (χ3v) is 2.75. The number of aliphatic hydroxyl groups excluding tert-OH is 1. The zero-order valence-electron chi connectivity index (χ0n) is 8.82. The smallest absolute Gasteiger partial charge is 0.270 e. The number of thiazole rings is 1. The lowest BCUT2D eigenvalue weighted by atomic mass is 10.2. The first kappa shape index (κ1) is 12.1. The van der Waals surface area contributed by atoms with Crippen molar-refractivity contribution in [3.8, 4) is 0 Å². The summed E-state index contributed by atoms with van der Waals surface area (Å²) in [5.74, 6) is -0.108. The van der Waals surface area contributed by atoms with Gasteiger partial charge in [0.15, 0.2) is 0 Å². The lowest BCUT2D eigenvalue weighted by molar-refractivity contribution is 0.0948. The zero-order chi connectivity index (χ0) is 11.1. The maximum Gasteiger partial charge on any atom is 0.270 e. The van der Waals surface area contributed by atoms with Crippen molar-refractivity contribution in [3.63, 3.8) is 0 Å². The normalized spacial score (nSPS) is 10.3. The van der Waals surface area contributed by atoms with Crippen LogP contribution in [0, 0.1) is 6.92 Å². The molecule has 0 bridgehead atoms. The summed E-state index contributed by atoms with van der Waals surface area (Å²) >= 11 is 1.48. The van der Waals surface area contributed by atoms with Gasteiger partial charge in [0, 0.05) is 18.5 Å². The molecule has 0 fully saturated rings. The van der Waals surface area contributed by atoms with E-state index in [4.69, 9.17) is 5.11 Å². The van der Waals surface area contributed by atoms with Gasteiger partial charge in [-0.05, 0) is 26.2 Å². The van der Waals surface area contributed by atoms with Crippen LogP contribution in [0.25, 0.3) is 0 Å². The molecule has 4 nitrogen and oxygen atoms in total. The molecule has 0 spiro atoms. The molecule has 0 atom stereocenters. The molecule has 0 radical (unpaired) electrons. The number of carbonyl (C=O) groups excluding carboxylic acids is 1. The summed E-state index contributed by atoms with van der Waals surface area (Å²) in [6, 6.07) is 0. The molecule has 0 saturated carbocycles. The van der Waals surface area contributed by atoms with Crippen LogP contribution in [0.4, 0.5) is 0 Å². The molecule has 1 aromatic rings. The van der Waals surface area contributed by atoms with E-state index in [2.05, 4.69) is 10.3 Å². The highest BCUT2D eigenvalue weighted by Crippen LogP contribution is 2.07. The molecular weight excluding hydrogens is 212 g/mol. The van der Waals surface area contributed by atoms with E-state index in [-0.39, 0.29) is 12.5 Å². The number of aromatic nitrogens is 1. The fourth-order valence-electron chi connectivity index (χ4n) is 1.17. The van der Waals surface area contributed by atoms with Crippen molar-refractivity contribution in [1.82, 2.24) is 10.3 Å². The Kier molecular flexibility index (Phi) is 5.28. The Morgan fingerprint density at radius 3 is 2.93 bits per heavy atom. The molecule has 1 rings (SSSR count). The number of unbranched alkanes of at least 4 members (excludes halogenated alkanes) is 2. The van der Waals surface area contributed by atoms with Crippen molar-refractivity contribution in [2.24, 2.45) is 0 Å². The van der Waals surface area contributed by atoms with E-state index in [0.29, 0.717) is 12.2 Å². The lowest BCUT2D eigenvalue weighted by Gasteiger charge is -2.01. The minimum Gasteiger partial charge on any atom is -0.396 e. The van der Waals surface area contributed by atoms with Crippen LogP contribution in [-0.2, 0) is 0 Å². The Labute approximate surface area is 93.4 Å². The van der Waals surface area contributed by atoms with Gasteiger partial charge >= 0.3 is 0 Å². The Morgan fingerprint density at radius 1 is 1.53 bits per heavy atom. The van der Waals surface area contributed by atoms with Gasteiger partial charge in [0.1, 0.15) is 5.69 Å². The molecule has 15 heavy (non-hydrogen) atoms. The molecule has 0 aliphatic rings. The minimum atomic E-state index is -0.108. The monoisotopic (exact) mass is 228 g/mol. The summed E-state index contributed by atoms with van der Waals surface area (Å²) in [6.07, 6.45) is 2.63. The van der Waals surface area contributed by atoms with Crippen LogP contribution in [0.3, 0.4) is 0 Å². The second-order valence-corrected chi connectivity index (χ2v) is 4.35. The van der Waals surface area contributed by atoms with E-state index in [9.17, 15) is 4.79 Å². The number of amides is 1. The number of nitrogens with zero attached hydrogens (tertiary/aromatic N) is 1. The maximum atomic E-state index is 11.5. The van der Waals surface area contributed by atoms with Crippen molar-refractivity contribution < 1.29 is 9.90 Å². The Hall–Kier alpha value is -0.940. The van der Waals surface area contributed by atoms with Crippen LogP contribution in [-0.4, -0.2) is 29.1 Å². The number of rotatable bonds is 6. The Bertz CT molecular complexity index is 312. The predicted molar refractivity (Wildman–Crippen MR) is 60.1 cm³/mol. The number of aliphatic hydroxyl groups is 1. The SMILES string of the molecule is Cc1nc(C(=O)NCCCCCO)cs1. The third-order valence-electron chi connectivity index (χ3n) is 1.97. The Balaban J connectivity index is 2.19. The molecule has 0 aromatic carbocycles. The molecule has 84 valence electrons. The first-order chi connectivity index (χ1) is 7.24. The van der Waals surface area contributed by atoms with Crippen molar-refractivity contribution in [2.45, 2.75) is 26.2 Å². The van der Waals surface area contributed by atoms with Gasteiger partial charge in [-0.15, -0.1) is 11.3 Å². The number of carbonyl (C=O) groups is 1. The first-order valence-electron chi connectivity index (χ1n) is 5.05. The number of hydrogen-bond donors (Lipinski definition) is 2. The van der Waals surface area contributed by atoms with Gasteiger partial charge in [-0.25, -0.2) is 4.98 Å². The molecule has 0 aliphatic carbocycles. The van der Waals surface area contributed by atoms with Gasteiger partial charge in [0.2, 0.25) is 0 Å². The fourth-order valence-corrected chi connectivity index (χ4v) is 1.77. The second kappa shape index (κ2) is 6.53. The number of hydrogen-bond acceptors (Lipinski definition) is 4. The summed E-state index contributed by atoms with van der Waals surface area (Å²) < 4.78 is 0. The second-order valence-electron chi connectivity index (χ2n) is 3.29. The van der Waals surface area contributed by atoms with Gasteiger partial charge < -0.3 is 10.4 Å². The van der Waals surface area contributed by atoms with E-state index >= 15 is 0 Å². The highest BCUT2D eigenvalue weighted by atomic mass is 32.1. The van der Waals surface area contributed by atoms with Crippen LogP contribution in [0.5, 0.6) is 0 Å². The summed E-state index contributed by atoms with van der Waals surface area (Å²) in [7, 11) is 0. The molecule has 0 unspecified atom stereocenters. The van der Waals surface area contributed by atoms with Crippen molar-refractivity contribution in [2.75, 3.05) is 13.2 Å². The van der Waals surface area contributed by atoms with Gasteiger partial charge in [0.25, 0.3) is 5.91 Å². The van der Waals surface area contributed by atoms with Crippen LogP contribution in [0.2, 0.25) is 0 Å². The largest absolute Gasteiger partial charge is 0.396 e. The molecule has 2 N–H and O–H groups in total. The van der Waals surface area contributed by atoms with Crippen LogP contribution < -0.4 is 5.32 Å². The topological polar surface area (TPSA) is 62.2 Å². The zero-order valence-corrected chi connectivity index (χ0v) is 9.64. The van der Waals surface area contributed by atoms with E-state index in [1.54, 1.807) is 5.38 Å². The van der Waals surface area contributed by atoms with E-state index in [1.807, 2.05) is 6.92 Å². The van der Waals surface area contributed by atoms with Crippen LogP contribution >= 0.6 is 11.3 Å². The fraction of sp³-hybridized carbons (Fsp3) is 0.600. The molecule has 1 heterocycles. The summed E-state index contributed by atoms with van der Waals surface area (Å²) in [4.78, 5) is 15.6. The molecule has 1 aromatic heterocycles. The summed E-state index contributed by atoms with van der Waals surface area (Å²) in [5, 5.41) is 14.0. The van der Waals surface area contributed by atoms with Crippen molar-refractivity contribution >= 4 is 17.2 Å². The van der Waals surface area contributed by atoms with Gasteiger partial charge in [-0.2, -0.15) is 0 Å². The van der Waals surface area contributed by atoms with Crippen LogP contribution in [0.1, 0.15) is 34.8 Å². The molecule has 5 heteroatoms. The highest BCUT2D eigenvalue weighted by molar-refractivity contribution is 7.09. The van der Waals surface area contributed by atoms with Gasteiger partial charge in [-0.3, -0.25) is 4.79 Å². The molecule has 0 saturated heterocycles. The average molecular weight is 228 g/mol. The number of nitrogens with one attached hydrogen (secondary N) is 1. The van der Waals surface area contributed by atoms with Gasteiger partial charge in [0.05, 0.1) is 5.01 Å². The Morgan fingerprint density at radius 2 is 2.33 bits per heavy atom. The van der Waals surface area contributed by atoms with Gasteiger partial charge in [-0.1, -0.05) is 0 Å². The van der Waals surface area contributed by atoms with E-state index in [0.717, 1.165) is 24.3 Å². The highest BCUT2D eigenvalue weighted by Gasteiger charge is 2.07. The third kappa shape index (κ3) is 4.40. The summed E-state index contributed by atoms with van der Waals surface area (Å²) in [5.41, 5.74) is 0.500. The van der Waals surface area contributed by atoms with E-state index in [1.165, 1.54) is 11.3 Å². The quantitative estimate of drug-likeness (QED) is 0.722.